The van der Waals surface area contributed by atoms with Crippen molar-refractivity contribution in [2.45, 2.75) is 19.8 Å². The van der Waals surface area contributed by atoms with Gasteiger partial charge in [0.2, 0.25) is 5.91 Å². The topological polar surface area (TPSA) is 100 Å². The van der Waals surface area contributed by atoms with Gasteiger partial charge in [0.25, 0.3) is 5.91 Å². The molecule has 1 aliphatic rings. The molecule has 1 saturated heterocycles. The number of thiazole rings is 1. The third kappa shape index (κ3) is 3.38. The van der Waals surface area contributed by atoms with Crippen molar-refractivity contribution in [2.24, 2.45) is 0 Å². The van der Waals surface area contributed by atoms with E-state index in [1.54, 1.807) is 4.90 Å². The first-order valence-corrected chi connectivity index (χ1v) is 7.49. The fourth-order valence-electron chi connectivity index (χ4n) is 2.04. The maximum absolute atomic E-state index is 12.0. The van der Waals surface area contributed by atoms with Gasteiger partial charge in [-0.25, -0.2) is 4.98 Å². The molecule has 0 unspecified atom stereocenters. The SMILES string of the molecule is CCNc1nc(N)c(C(=O)NCC(=O)N2CCCC2)s1. The zero-order valence-corrected chi connectivity index (χ0v) is 12.3. The molecule has 1 aliphatic heterocycles. The highest BCUT2D eigenvalue weighted by Crippen LogP contribution is 2.24. The summed E-state index contributed by atoms with van der Waals surface area (Å²) in [4.78, 5) is 30.0. The first kappa shape index (κ1) is 14.6. The third-order valence-electron chi connectivity index (χ3n) is 3.05. The molecule has 8 heteroatoms. The van der Waals surface area contributed by atoms with Gasteiger partial charge >= 0.3 is 0 Å². The van der Waals surface area contributed by atoms with E-state index in [1.807, 2.05) is 6.92 Å². The van der Waals surface area contributed by atoms with Crippen LogP contribution in [-0.2, 0) is 4.79 Å². The van der Waals surface area contributed by atoms with Crippen LogP contribution in [0.2, 0.25) is 0 Å². The summed E-state index contributed by atoms with van der Waals surface area (Å²) in [5.41, 5.74) is 5.70. The standard InChI is InChI=1S/C12H19N5O2S/c1-2-14-12-16-10(13)9(20-12)11(19)15-7-8(18)17-5-3-4-6-17/h2-7,13H2,1H3,(H,14,16)(H,15,19). The second-order valence-corrected chi connectivity index (χ2v) is 5.53. The number of anilines is 2. The maximum Gasteiger partial charge on any atom is 0.265 e. The number of rotatable bonds is 5. The summed E-state index contributed by atoms with van der Waals surface area (Å²) >= 11 is 1.19. The predicted molar refractivity (Wildman–Crippen MR) is 78.8 cm³/mol. The van der Waals surface area contributed by atoms with Crippen molar-refractivity contribution in [3.8, 4) is 0 Å². The van der Waals surface area contributed by atoms with E-state index >= 15 is 0 Å². The van der Waals surface area contributed by atoms with E-state index in [0.29, 0.717) is 16.6 Å². The molecule has 0 radical (unpaired) electrons. The van der Waals surface area contributed by atoms with E-state index in [-0.39, 0.29) is 24.2 Å². The lowest BCUT2D eigenvalue weighted by molar-refractivity contribution is -0.129. The molecule has 0 aromatic carbocycles. The average Bonchev–Trinajstić information content (AvgIpc) is 3.06. The fraction of sp³-hybridized carbons (Fsp3) is 0.583. The Kier molecular flexibility index (Phi) is 4.78. The predicted octanol–water partition coefficient (Wildman–Crippen LogP) is 0.509. The molecule has 2 rings (SSSR count). The van der Waals surface area contributed by atoms with Crippen molar-refractivity contribution in [1.82, 2.24) is 15.2 Å². The number of carbonyl (C=O) groups excluding carboxylic acids is 2. The maximum atomic E-state index is 12.0. The average molecular weight is 297 g/mol. The van der Waals surface area contributed by atoms with Gasteiger partial charge in [0.05, 0.1) is 6.54 Å². The quantitative estimate of drug-likeness (QED) is 0.735. The molecule has 0 aliphatic carbocycles. The lowest BCUT2D eigenvalue weighted by Crippen LogP contribution is -2.38. The summed E-state index contributed by atoms with van der Waals surface area (Å²) in [6.45, 7) is 4.21. The number of hydrogen-bond acceptors (Lipinski definition) is 6. The number of nitrogens with one attached hydrogen (secondary N) is 2. The van der Waals surface area contributed by atoms with E-state index in [2.05, 4.69) is 15.6 Å². The van der Waals surface area contributed by atoms with Crippen LogP contribution < -0.4 is 16.4 Å². The minimum atomic E-state index is -0.350. The Morgan fingerprint density at radius 3 is 2.75 bits per heavy atom. The van der Waals surface area contributed by atoms with Crippen molar-refractivity contribution in [3.05, 3.63) is 4.88 Å². The van der Waals surface area contributed by atoms with E-state index in [0.717, 1.165) is 25.9 Å². The van der Waals surface area contributed by atoms with Crippen LogP contribution in [-0.4, -0.2) is 47.9 Å². The molecule has 1 fully saturated rings. The van der Waals surface area contributed by atoms with Gasteiger partial charge < -0.3 is 21.3 Å². The van der Waals surface area contributed by atoms with Gasteiger partial charge in [-0.05, 0) is 19.8 Å². The number of carbonyl (C=O) groups is 2. The van der Waals surface area contributed by atoms with Gasteiger partial charge in [-0.1, -0.05) is 11.3 Å². The van der Waals surface area contributed by atoms with Gasteiger partial charge in [0.15, 0.2) is 5.13 Å². The minimum absolute atomic E-state index is 0.00666. The number of aromatic nitrogens is 1. The number of nitrogen functional groups attached to an aromatic ring is 1. The van der Waals surface area contributed by atoms with Crippen molar-refractivity contribution in [3.63, 3.8) is 0 Å². The minimum Gasteiger partial charge on any atom is -0.382 e. The summed E-state index contributed by atoms with van der Waals surface area (Å²) in [6.07, 6.45) is 2.07. The first-order chi connectivity index (χ1) is 9.61. The van der Waals surface area contributed by atoms with Crippen LogP contribution in [0, 0.1) is 0 Å². The Morgan fingerprint density at radius 1 is 1.40 bits per heavy atom. The summed E-state index contributed by atoms with van der Waals surface area (Å²) < 4.78 is 0. The van der Waals surface area contributed by atoms with Crippen LogP contribution in [0.15, 0.2) is 0 Å². The van der Waals surface area contributed by atoms with Crippen molar-refractivity contribution < 1.29 is 9.59 Å². The molecule has 1 aromatic heterocycles. The largest absolute Gasteiger partial charge is 0.382 e. The Morgan fingerprint density at radius 2 is 2.10 bits per heavy atom. The third-order valence-corrected chi connectivity index (χ3v) is 4.07. The van der Waals surface area contributed by atoms with Crippen LogP contribution in [0.4, 0.5) is 10.9 Å². The van der Waals surface area contributed by atoms with Crippen molar-refractivity contribution >= 4 is 34.1 Å². The van der Waals surface area contributed by atoms with Crippen LogP contribution in [0.25, 0.3) is 0 Å². The molecule has 7 nitrogen and oxygen atoms in total. The Hall–Kier alpha value is -1.83. The highest BCUT2D eigenvalue weighted by molar-refractivity contribution is 7.18. The molecule has 0 bridgehead atoms. The van der Waals surface area contributed by atoms with Gasteiger partial charge in [0.1, 0.15) is 10.7 Å². The van der Waals surface area contributed by atoms with E-state index in [4.69, 9.17) is 5.73 Å². The molecular formula is C12H19N5O2S. The van der Waals surface area contributed by atoms with Crippen LogP contribution in [0.1, 0.15) is 29.4 Å². The summed E-state index contributed by atoms with van der Waals surface area (Å²) in [7, 11) is 0. The molecule has 20 heavy (non-hydrogen) atoms. The highest BCUT2D eigenvalue weighted by Gasteiger charge is 2.20. The first-order valence-electron chi connectivity index (χ1n) is 6.68. The number of likely N-dealkylation sites (tertiary alicyclic amines) is 1. The van der Waals surface area contributed by atoms with E-state index in [9.17, 15) is 9.59 Å². The van der Waals surface area contributed by atoms with Crippen LogP contribution in [0.3, 0.4) is 0 Å². The van der Waals surface area contributed by atoms with E-state index < -0.39 is 0 Å². The molecular weight excluding hydrogens is 278 g/mol. The van der Waals surface area contributed by atoms with Gasteiger partial charge in [0, 0.05) is 19.6 Å². The number of hydrogen-bond donors (Lipinski definition) is 3. The fourth-order valence-corrected chi connectivity index (χ4v) is 2.90. The molecule has 0 atom stereocenters. The monoisotopic (exact) mass is 297 g/mol. The molecule has 0 spiro atoms. The van der Waals surface area contributed by atoms with Gasteiger partial charge in [-0.15, -0.1) is 0 Å². The zero-order chi connectivity index (χ0) is 14.5. The van der Waals surface area contributed by atoms with E-state index in [1.165, 1.54) is 11.3 Å². The van der Waals surface area contributed by atoms with Crippen LogP contribution in [0.5, 0.6) is 0 Å². The number of amides is 2. The second kappa shape index (κ2) is 6.56. The Balaban J connectivity index is 1.89. The summed E-state index contributed by atoms with van der Waals surface area (Å²) in [6, 6.07) is 0. The molecule has 0 saturated carbocycles. The molecule has 2 amide bonds. The highest BCUT2D eigenvalue weighted by atomic mass is 32.1. The number of nitrogens with zero attached hydrogens (tertiary/aromatic N) is 2. The number of nitrogens with two attached hydrogens (primary N) is 1. The Bertz CT molecular complexity index is 496. The summed E-state index contributed by atoms with van der Waals surface area (Å²) in [5, 5.41) is 6.22. The molecule has 110 valence electrons. The molecule has 1 aromatic rings. The summed E-state index contributed by atoms with van der Waals surface area (Å²) in [5.74, 6) is -0.209. The lowest BCUT2D eigenvalue weighted by atomic mass is 10.4. The van der Waals surface area contributed by atoms with Crippen LogP contribution >= 0.6 is 11.3 Å². The van der Waals surface area contributed by atoms with Crippen molar-refractivity contribution in [2.75, 3.05) is 37.2 Å². The second-order valence-electron chi connectivity index (χ2n) is 4.53. The van der Waals surface area contributed by atoms with Gasteiger partial charge in [-0.3, -0.25) is 9.59 Å². The molecule has 2 heterocycles. The lowest BCUT2D eigenvalue weighted by Gasteiger charge is -2.15. The molecule has 4 N–H and O–H groups in total. The Labute approximate surface area is 121 Å². The normalized spacial score (nSPS) is 14.3. The zero-order valence-electron chi connectivity index (χ0n) is 11.4. The van der Waals surface area contributed by atoms with Gasteiger partial charge in [-0.2, -0.15) is 0 Å². The van der Waals surface area contributed by atoms with Crippen molar-refractivity contribution in [1.29, 1.82) is 0 Å². The smallest absolute Gasteiger partial charge is 0.265 e.